The van der Waals surface area contributed by atoms with Crippen molar-refractivity contribution < 1.29 is 36.7 Å². The first-order chi connectivity index (χ1) is 27.3. The topological polar surface area (TPSA) is 132 Å². The van der Waals surface area contributed by atoms with E-state index in [0.717, 1.165) is 55.3 Å². The molecule has 2 aliphatic heterocycles. The average molecular weight is 790 g/mol. The van der Waals surface area contributed by atoms with Gasteiger partial charge in [-0.3, -0.25) is 33.5 Å². The number of para-hydroxylation sites is 1. The summed E-state index contributed by atoms with van der Waals surface area (Å²) in [6.45, 7) is 1.77. The maximum absolute atomic E-state index is 16.1. The number of alkyl halides is 4. The van der Waals surface area contributed by atoms with Crippen LogP contribution in [0.1, 0.15) is 84.4 Å². The first-order valence-electron chi connectivity index (χ1n) is 19.2. The van der Waals surface area contributed by atoms with Crippen LogP contribution in [0.4, 0.5) is 23.2 Å². The molecule has 1 saturated carbocycles. The summed E-state index contributed by atoms with van der Waals surface area (Å²) >= 11 is 0. The zero-order chi connectivity index (χ0) is 40.2. The molecule has 3 aliphatic rings. The second-order valence-corrected chi connectivity index (χ2v) is 15.5. The van der Waals surface area contributed by atoms with Crippen molar-refractivity contribution >= 4 is 45.3 Å². The van der Waals surface area contributed by atoms with Gasteiger partial charge in [-0.1, -0.05) is 18.2 Å². The van der Waals surface area contributed by atoms with Gasteiger partial charge in [-0.2, -0.15) is 18.3 Å². The molecular formula is C41H43F4N7O5. The van der Waals surface area contributed by atoms with Crippen LogP contribution < -0.4 is 21.1 Å². The molecule has 3 amide bonds. The standard InChI is InChI=1S/C41H43F4N7O5/c1-49-37-29(7-4-8-33(37)52(40(49)56)34-13-14-36(53)47-39(34)55)28-15-16-50(22-30(28)42)20-23-9-11-27(12-10-23)51-21-25-18-32(35(57-2)19-31(25)48-51)46-38(54)24-5-3-6-26(17-24)41(43,44)45/h3-8,17-19,21,23,27-28,30,34H,9-16,20,22H2,1-2H3,(H,46,54)(H,47,53,55)/t23?,27?,28-,30+,34?/m0/s1. The number of nitrogens with zero attached hydrogens (tertiary/aromatic N) is 5. The van der Waals surface area contributed by atoms with Gasteiger partial charge in [-0.25, -0.2) is 9.18 Å². The molecule has 300 valence electrons. The van der Waals surface area contributed by atoms with Gasteiger partial charge in [0.15, 0.2) is 0 Å². The summed E-state index contributed by atoms with van der Waals surface area (Å²) in [6, 6.07) is 12.4. The second kappa shape index (κ2) is 15.1. The van der Waals surface area contributed by atoms with Crippen molar-refractivity contribution in [3.63, 3.8) is 0 Å². The number of rotatable bonds is 8. The molecule has 5 aromatic rings. The van der Waals surface area contributed by atoms with Gasteiger partial charge in [-0.05, 0) is 86.9 Å². The van der Waals surface area contributed by atoms with E-state index in [2.05, 4.69) is 15.5 Å². The fourth-order valence-electron chi connectivity index (χ4n) is 9.00. The predicted octanol–water partition coefficient (Wildman–Crippen LogP) is 6.51. The monoisotopic (exact) mass is 789 g/mol. The summed E-state index contributed by atoms with van der Waals surface area (Å²) in [7, 11) is 3.09. The second-order valence-electron chi connectivity index (χ2n) is 15.5. The Bertz CT molecular complexity index is 2430. The number of aryl methyl sites for hydroxylation is 1. The van der Waals surface area contributed by atoms with Crippen LogP contribution >= 0.6 is 0 Å². The molecule has 2 N–H and O–H groups in total. The van der Waals surface area contributed by atoms with Gasteiger partial charge >= 0.3 is 11.9 Å². The molecule has 2 saturated heterocycles. The third-order valence-electron chi connectivity index (χ3n) is 11.9. The first-order valence-corrected chi connectivity index (χ1v) is 19.2. The number of methoxy groups -OCH3 is 1. The van der Waals surface area contributed by atoms with Crippen LogP contribution in [-0.4, -0.2) is 74.5 Å². The number of carbonyl (C=O) groups excluding carboxylic acids is 3. The smallest absolute Gasteiger partial charge is 0.416 e. The summed E-state index contributed by atoms with van der Waals surface area (Å²) in [5.41, 5.74) is 1.49. The van der Waals surface area contributed by atoms with Crippen molar-refractivity contribution in [1.82, 2.24) is 29.1 Å². The van der Waals surface area contributed by atoms with Gasteiger partial charge in [0, 0.05) is 55.7 Å². The van der Waals surface area contributed by atoms with Crippen LogP contribution in [0.25, 0.3) is 21.9 Å². The van der Waals surface area contributed by atoms with E-state index in [-0.39, 0.29) is 42.6 Å². The number of ether oxygens (including phenoxy) is 1. The number of aromatic nitrogens is 4. The number of imidazole rings is 1. The Kier molecular flexibility index (Phi) is 10.2. The van der Waals surface area contributed by atoms with E-state index in [1.165, 1.54) is 28.4 Å². The Morgan fingerprint density at radius 1 is 1.00 bits per heavy atom. The van der Waals surface area contributed by atoms with Crippen molar-refractivity contribution in [3.05, 3.63) is 88.0 Å². The molecule has 1 aliphatic carbocycles. The number of halogens is 4. The largest absolute Gasteiger partial charge is 0.494 e. The van der Waals surface area contributed by atoms with Crippen molar-refractivity contribution in [2.75, 3.05) is 32.1 Å². The molecular weight excluding hydrogens is 746 g/mol. The maximum Gasteiger partial charge on any atom is 0.416 e. The Labute approximate surface area is 324 Å². The fraction of sp³-hybridized carbons (Fsp3) is 0.439. The lowest BCUT2D eigenvalue weighted by Gasteiger charge is -2.38. The van der Waals surface area contributed by atoms with Crippen molar-refractivity contribution in [2.24, 2.45) is 13.0 Å². The van der Waals surface area contributed by atoms with E-state index >= 15 is 4.39 Å². The first kappa shape index (κ1) is 38.4. The molecule has 0 spiro atoms. The summed E-state index contributed by atoms with van der Waals surface area (Å²) < 4.78 is 66.2. The average Bonchev–Trinajstić information content (AvgIpc) is 3.71. The summed E-state index contributed by atoms with van der Waals surface area (Å²) in [6.07, 6.45) is 0.777. The molecule has 8 rings (SSSR count). The van der Waals surface area contributed by atoms with E-state index in [1.807, 2.05) is 16.9 Å². The highest BCUT2D eigenvalue weighted by atomic mass is 19.4. The number of hydrogen-bond donors (Lipinski definition) is 2. The molecule has 3 fully saturated rings. The minimum absolute atomic E-state index is 0.129. The lowest BCUT2D eigenvalue weighted by atomic mass is 9.83. The zero-order valence-corrected chi connectivity index (χ0v) is 31.5. The fourth-order valence-corrected chi connectivity index (χ4v) is 9.00. The minimum Gasteiger partial charge on any atom is -0.494 e. The molecule has 1 unspecified atom stereocenters. The summed E-state index contributed by atoms with van der Waals surface area (Å²) in [5, 5.41) is 10.6. The van der Waals surface area contributed by atoms with E-state index in [1.54, 1.807) is 31.3 Å². The number of fused-ring (bicyclic) bond motifs is 2. The predicted molar refractivity (Wildman–Crippen MR) is 204 cm³/mol. The highest BCUT2D eigenvalue weighted by molar-refractivity contribution is 6.06. The molecule has 16 heteroatoms. The third-order valence-corrected chi connectivity index (χ3v) is 11.9. The molecule has 0 radical (unpaired) electrons. The lowest BCUT2D eigenvalue weighted by Crippen LogP contribution is -2.44. The number of amides is 3. The van der Waals surface area contributed by atoms with E-state index in [4.69, 9.17) is 9.84 Å². The van der Waals surface area contributed by atoms with Gasteiger partial charge in [0.05, 0.1) is 41.0 Å². The molecule has 2 aromatic heterocycles. The molecule has 57 heavy (non-hydrogen) atoms. The van der Waals surface area contributed by atoms with Crippen LogP contribution in [-0.2, 0) is 22.8 Å². The Morgan fingerprint density at radius 2 is 1.77 bits per heavy atom. The number of nitrogens with one attached hydrogen (secondary N) is 2. The van der Waals surface area contributed by atoms with Crippen LogP contribution in [0, 0.1) is 5.92 Å². The van der Waals surface area contributed by atoms with Gasteiger partial charge in [0.25, 0.3) is 5.91 Å². The Hall–Kier alpha value is -5.51. The SMILES string of the molecule is COc1cc2nn(C3CCC(CN4CC[C@@H](c5cccc6c5n(C)c(=O)n6C5CCC(=O)NC5=O)[C@H](F)C4)CC3)cc2cc1NC(=O)c1cccc(C(F)(F)F)c1. The molecule has 0 bridgehead atoms. The molecule has 3 atom stereocenters. The molecule has 3 aromatic carbocycles. The highest BCUT2D eigenvalue weighted by Gasteiger charge is 2.37. The maximum atomic E-state index is 16.1. The number of hydrogen-bond acceptors (Lipinski definition) is 7. The van der Waals surface area contributed by atoms with Gasteiger partial charge in [0.1, 0.15) is 18.0 Å². The zero-order valence-electron chi connectivity index (χ0n) is 31.5. The van der Waals surface area contributed by atoms with Gasteiger partial charge < -0.3 is 15.0 Å². The number of benzene rings is 3. The van der Waals surface area contributed by atoms with E-state index < -0.39 is 41.7 Å². The number of imide groups is 1. The number of likely N-dealkylation sites (tertiary alicyclic amines) is 1. The van der Waals surface area contributed by atoms with Crippen LogP contribution in [0.5, 0.6) is 5.75 Å². The summed E-state index contributed by atoms with van der Waals surface area (Å²) in [5.74, 6) is -1.25. The van der Waals surface area contributed by atoms with Crippen molar-refractivity contribution in [1.29, 1.82) is 0 Å². The lowest BCUT2D eigenvalue weighted by molar-refractivity contribution is -0.138. The van der Waals surface area contributed by atoms with Crippen molar-refractivity contribution in [2.45, 2.75) is 75.3 Å². The normalized spacial score (nSPS) is 23.5. The van der Waals surface area contributed by atoms with Crippen LogP contribution in [0.3, 0.4) is 0 Å². The number of piperidine rings is 2. The molecule has 4 heterocycles. The summed E-state index contributed by atoms with van der Waals surface area (Å²) in [4.78, 5) is 53.0. The minimum atomic E-state index is -4.57. The quantitative estimate of drug-likeness (QED) is 0.136. The molecule has 12 nitrogen and oxygen atoms in total. The van der Waals surface area contributed by atoms with E-state index in [9.17, 15) is 32.3 Å². The van der Waals surface area contributed by atoms with Crippen LogP contribution in [0.15, 0.2) is 65.6 Å². The van der Waals surface area contributed by atoms with Crippen LogP contribution in [0.2, 0.25) is 0 Å². The Balaban J connectivity index is 0.892. The van der Waals surface area contributed by atoms with Crippen molar-refractivity contribution in [3.8, 4) is 5.75 Å². The number of anilines is 1. The number of carbonyl (C=O) groups is 3. The highest BCUT2D eigenvalue weighted by Crippen LogP contribution is 2.39. The third kappa shape index (κ3) is 7.42. The Morgan fingerprint density at radius 3 is 2.49 bits per heavy atom. The van der Waals surface area contributed by atoms with Gasteiger partial charge in [0.2, 0.25) is 11.8 Å². The van der Waals surface area contributed by atoms with E-state index in [0.29, 0.717) is 46.9 Å². The van der Waals surface area contributed by atoms with Gasteiger partial charge in [-0.15, -0.1) is 0 Å².